The molecular formula is C21H22O11. The normalized spacial score (nSPS) is 32.2. The van der Waals surface area contributed by atoms with Gasteiger partial charge in [0.05, 0.1) is 6.61 Å². The van der Waals surface area contributed by atoms with Gasteiger partial charge >= 0.3 is 0 Å². The fourth-order valence-corrected chi connectivity index (χ4v) is 3.68. The molecule has 0 bridgehead atoms. The van der Waals surface area contributed by atoms with Gasteiger partial charge in [-0.15, -0.1) is 0 Å². The number of aliphatic hydroxyl groups is 5. The van der Waals surface area contributed by atoms with E-state index in [0.717, 1.165) is 6.07 Å². The molecule has 172 valence electrons. The molecule has 2 aromatic rings. The maximum absolute atomic E-state index is 12.7. The highest BCUT2D eigenvalue weighted by Gasteiger charge is 2.45. The van der Waals surface area contributed by atoms with E-state index < -0.39 is 61.1 Å². The average molecular weight is 450 g/mol. The predicted octanol–water partition coefficient (Wildman–Crippen LogP) is -1.05. The van der Waals surface area contributed by atoms with Crippen LogP contribution in [0, 0.1) is 0 Å². The molecule has 1 fully saturated rings. The number of rotatable bonds is 4. The van der Waals surface area contributed by atoms with Gasteiger partial charge in [-0.2, -0.15) is 0 Å². The number of hydrogen-bond acceptors (Lipinski definition) is 11. The Kier molecular flexibility index (Phi) is 5.95. The van der Waals surface area contributed by atoms with Crippen LogP contribution in [0.5, 0.6) is 23.0 Å². The van der Waals surface area contributed by atoms with E-state index in [2.05, 4.69) is 0 Å². The van der Waals surface area contributed by atoms with Crippen molar-refractivity contribution in [3.8, 4) is 23.0 Å². The molecule has 0 amide bonds. The van der Waals surface area contributed by atoms with Crippen molar-refractivity contribution in [2.45, 2.75) is 42.9 Å². The van der Waals surface area contributed by atoms with Crippen LogP contribution >= 0.6 is 0 Å². The Morgan fingerprint density at radius 2 is 1.62 bits per heavy atom. The van der Waals surface area contributed by atoms with Crippen LogP contribution < -0.4 is 9.47 Å². The molecule has 0 radical (unpaired) electrons. The maximum atomic E-state index is 12.7. The fourth-order valence-electron chi connectivity index (χ4n) is 3.68. The van der Waals surface area contributed by atoms with Gasteiger partial charge in [0, 0.05) is 12.1 Å². The van der Waals surface area contributed by atoms with Crippen LogP contribution in [-0.4, -0.2) is 84.9 Å². The van der Waals surface area contributed by atoms with Crippen LogP contribution in [0.15, 0.2) is 36.4 Å². The first kappa shape index (κ1) is 22.3. The minimum atomic E-state index is -1.68. The molecule has 11 heteroatoms. The number of aliphatic hydroxyl groups excluding tert-OH is 5. The second-order valence-corrected chi connectivity index (χ2v) is 7.57. The smallest absolute Gasteiger partial charge is 0.229 e. The molecule has 0 aliphatic carbocycles. The largest absolute Gasteiger partial charge is 0.508 e. The summed E-state index contributed by atoms with van der Waals surface area (Å²) in [6.45, 7) is -0.649. The van der Waals surface area contributed by atoms with Crippen molar-refractivity contribution < 1.29 is 54.8 Å². The van der Waals surface area contributed by atoms with Gasteiger partial charge in [0.1, 0.15) is 53.0 Å². The number of carbonyl (C=O) groups is 1. The first-order chi connectivity index (χ1) is 15.2. The number of phenolic OH excluding ortho intramolecular Hbond substituents is 2. The van der Waals surface area contributed by atoms with Crippen LogP contribution in [0.4, 0.5) is 0 Å². The van der Waals surface area contributed by atoms with E-state index in [1.54, 1.807) is 0 Å². The van der Waals surface area contributed by atoms with E-state index in [-0.39, 0.29) is 22.8 Å². The number of hydrogen-bond donors (Lipinski definition) is 7. The Hall–Kier alpha value is -2.93. The lowest BCUT2D eigenvalue weighted by atomic mass is 9.93. The molecule has 0 spiro atoms. The third-order valence-corrected chi connectivity index (χ3v) is 5.43. The van der Waals surface area contributed by atoms with E-state index in [1.165, 1.54) is 30.3 Å². The summed E-state index contributed by atoms with van der Waals surface area (Å²) in [6, 6.07) is 7.93. The summed E-state index contributed by atoms with van der Waals surface area (Å²) in [4.78, 5) is 12.7. The van der Waals surface area contributed by atoms with Gasteiger partial charge in [0.25, 0.3) is 0 Å². The minimum Gasteiger partial charge on any atom is -0.508 e. The van der Waals surface area contributed by atoms with E-state index in [9.17, 15) is 40.5 Å². The summed E-state index contributed by atoms with van der Waals surface area (Å²) in [6.07, 6.45) is -10.4. The van der Waals surface area contributed by atoms with Crippen molar-refractivity contribution in [1.82, 2.24) is 0 Å². The summed E-state index contributed by atoms with van der Waals surface area (Å²) >= 11 is 0. The number of carbonyl (C=O) groups excluding carboxylic acids is 1. The molecular weight excluding hydrogens is 428 g/mol. The summed E-state index contributed by atoms with van der Waals surface area (Å²) in [5.41, 5.74) is 0.128. The molecule has 32 heavy (non-hydrogen) atoms. The number of benzene rings is 2. The van der Waals surface area contributed by atoms with Crippen molar-refractivity contribution >= 4 is 5.78 Å². The van der Waals surface area contributed by atoms with Gasteiger partial charge in [-0.1, -0.05) is 12.1 Å². The molecule has 0 aromatic heterocycles. The Bertz CT molecular complexity index is 990. The maximum Gasteiger partial charge on any atom is 0.229 e. The average Bonchev–Trinajstić information content (AvgIpc) is 2.77. The highest BCUT2D eigenvalue weighted by Crippen LogP contribution is 2.42. The standard InChI is InChI=1S/C21H22O11/c22-7-13-15(25)17(27)19(29)21(32-13)30-10-5-11(24)14-12(6-10)31-20(18(28)16(14)26)8-1-3-9(23)4-2-8/h1-6,13,15,17-25,27-29H,7H2/t13-,15-,17+,18+,19-,20+,21-/m0/s1. The molecule has 1 saturated heterocycles. The second-order valence-electron chi connectivity index (χ2n) is 7.57. The van der Waals surface area contributed by atoms with Crippen molar-refractivity contribution in [3.63, 3.8) is 0 Å². The molecule has 2 aliphatic heterocycles. The molecule has 7 atom stereocenters. The van der Waals surface area contributed by atoms with Gasteiger partial charge in [-0.25, -0.2) is 0 Å². The lowest BCUT2D eigenvalue weighted by Crippen LogP contribution is -2.60. The minimum absolute atomic E-state index is 0.0152. The predicted molar refractivity (Wildman–Crippen MR) is 104 cm³/mol. The van der Waals surface area contributed by atoms with Gasteiger partial charge in [-0.3, -0.25) is 4.79 Å². The molecule has 11 nitrogen and oxygen atoms in total. The first-order valence-corrected chi connectivity index (χ1v) is 9.73. The summed E-state index contributed by atoms with van der Waals surface area (Å²) in [5.74, 6) is -1.59. The summed E-state index contributed by atoms with van der Waals surface area (Å²) in [7, 11) is 0. The Morgan fingerprint density at radius 1 is 0.938 bits per heavy atom. The number of phenols is 2. The molecule has 2 aliphatic rings. The van der Waals surface area contributed by atoms with Crippen molar-refractivity contribution in [3.05, 3.63) is 47.5 Å². The second kappa shape index (κ2) is 8.54. The van der Waals surface area contributed by atoms with E-state index >= 15 is 0 Å². The van der Waals surface area contributed by atoms with E-state index in [0.29, 0.717) is 5.56 Å². The van der Waals surface area contributed by atoms with Crippen LogP contribution in [0.3, 0.4) is 0 Å². The van der Waals surface area contributed by atoms with E-state index in [1.807, 2.05) is 0 Å². The molecule has 7 N–H and O–H groups in total. The zero-order valence-electron chi connectivity index (χ0n) is 16.5. The Morgan fingerprint density at radius 3 is 2.28 bits per heavy atom. The van der Waals surface area contributed by atoms with Crippen molar-refractivity contribution in [1.29, 1.82) is 0 Å². The third kappa shape index (κ3) is 3.86. The number of aromatic hydroxyl groups is 2. The lowest BCUT2D eigenvalue weighted by Gasteiger charge is -2.39. The lowest BCUT2D eigenvalue weighted by molar-refractivity contribution is -0.277. The number of ketones is 1. The summed E-state index contributed by atoms with van der Waals surface area (Å²) in [5, 5.41) is 69.4. The van der Waals surface area contributed by atoms with Crippen molar-refractivity contribution in [2.24, 2.45) is 0 Å². The van der Waals surface area contributed by atoms with Gasteiger partial charge in [-0.05, 0) is 17.7 Å². The molecule has 2 aromatic carbocycles. The number of fused-ring (bicyclic) bond motifs is 1. The Balaban J connectivity index is 1.63. The fraction of sp³-hybridized carbons (Fsp3) is 0.381. The van der Waals surface area contributed by atoms with Crippen LogP contribution in [0.2, 0.25) is 0 Å². The zero-order chi connectivity index (χ0) is 23.2. The highest BCUT2D eigenvalue weighted by atomic mass is 16.7. The molecule has 0 unspecified atom stereocenters. The van der Waals surface area contributed by atoms with Crippen LogP contribution in [0.1, 0.15) is 22.0 Å². The zero-order valence-corrected chi connectivity index (χ0v) is 16.5. The molecule has 0 saturated carbocycles. The van der Waals surface area contributed by atoms with Crippen LogP contribution in [-0.2, 0) is 4.74 Å². The van der Waals surface area contributed by atoms with E-state index in [4.69, 9.17) is 14.2 Å². The van der Waals surface area contributed by atoms with Crippen LogP contribution in [0.25, 0.3) is 0 Å². The molecule has 4 rings (SSSR count). The van der Waals surface area contributed by atoms with Gasteiger partial charge < -0.3 is 50.0 Å². The third-order valence-electron chi connectivity index (χ3n) is 5.43. The summed E-state index contributed by atoms with van der Waals surface area (Å²) < 4.78 is 16.5. The first-order valence-electron chi connectivity index (χ1n) is 9.73. The highest BCUT2D eigenvalue weighted by molar-refractivity contribution is 6.05. The quantitative estimate of drug-likeness (QED) is 0.301. The van der Waals surface area contributed by atoms with Crippen molar-refractivity contribution in [2.75, 3.05) is 6.61 Å². The van der Waals surface area contributed by atoms with Gasteiger partial charge in [0.2, 0.25) is 12.1 Å². The van der Waals surface area contributed by atoms with Gasteiger partial charge in [0.15, 0.2) is 12.2 Å². The number of ether oxygens (including phenoxy) is 3. The monoisotopic (exact) mass is 450 g/mol. The Labute approximate surface area is 181 Å². The SMILES string of the molecule is O=C1c2c(O)cc(O[C@H]3O[C@@H](CO)[C@H](O)[C@@H](O)[C@@H]3O)cc2O[C@H](c2ccc(O)cc2)[C@@H]1O. The number of Topliss-reactive ketones (excluding diaryl/α,β-unsaturated/α-hetero) is 1. The molecule has 2 heterocycles. The topological polar surface area (TPSA) is 186 Å².